The van der Waals surface area contributed by atoms with Crippen LogP contribution in [-0.4, -0.2) is 22.9 Å². The number of anilines is 3. The predicted molar refractivity (Wildman–Crippen MR) is 121 cm³/mol. The van der Waals surface area contributed by atoms with Crippen LogP contribution in [0, 0.1) is 6.92 Å². The summed E-state index contributed by atoms with van der Waals surface area (Å²) in [6.45, 7) is 1.99. The Bertz CT molecular complexity index is 1280. The Kier molecular flexibility index (Phi) is 5.74. The first-order valence-electron chi connectivity index (χ1n) is 9.81. The number of hydrogen-bond donors (Lipinski definition) is 3. The molecule has 7 nitrogen and oxygen atoms in total. The van der Waals surface area contributed by atoms with Gasteiger partial charge < -0.3 is 5.32 Å². The van der Waals surface area contributed by atoms with Crippen LogP contribution in [0.3, 0.4) is 0 Å². The summed E-state index contributed by atoms with van der Waals surface area (Å²) >= 11 is 0. The molecule has 1 aliphatic rings. The van der Waals surface area contributed by atoms with Gasteiger partial charge in [-0.25, -0.2) is 21.6 Å². The summed E-state index contributed by atoms with van der Waals surface area (Å²) in [5.41, 5.74) is 2.94. The van der Waals surface area contributed by atoms with E-state index in [1.165, 1.54) is 24.3 Å². The molecule has 0 amide bonds. The minimum atomic E-state index is -3.91. The van der Waals surface area contributed by atoms with E-state index in [-0.39, 0.29) is 15.8 Å². The highest BCUT2D eigenvalue weighted by Crippen LogP contribution is 2.28. The lowest BCUT2D eigenvalue weighted by molar-refractivity contribution is 0.580. The topological polar surface area (TPSA) is 104 Å². The normalized spacial score (nSPS) is 14.2. The zero-order chi connectivity index (χ0) is 22.1. The van der Waals surface area contributed by atoms with Gasteiger partial charge in [-0.1, -0.05) is 29.8 Å². The van der Waals surface area contributed by atoms with Crippen molar-refractivity contribution >= 4 is 37.1 Å². The second-order valence-electron chi connectivity index (χ2n) is 7.51. The van der Waals surface area contributed by atoms with Crippen LogP contribution < -0.4 is 14.8 Å². The molecule has 0 aromatic heterocycles. The van der Waals surface area contributed by atoms with Gasteiger partial charge in [-0.15, -0.1) is 0 Å². The van der Waals surface area contributed by atoms with Crippen molar-refractivity contribution in [2.24, 2.45) is 0 Å². The van der Waals surface area contributed by atoms with Crippen LogP contribution in [0.5, 0.6) is 0 Å². The van der Waals surface area contributed by atoms with E-state index in [4.69, 9.17) is 0 Å². The summed E-state index contributed by atoms with van der Waals surface area (Å²) in [5.74, 6) is 0. The highest BCUT2D eigenvalue weighted by molar-refractivity contribution is 7.92. The third kappa shape index (κ3) is 5.25. The van der Waals surface area contributed by atoms with Crippen molar-refractivity contribution < 1.29 is 16.8 Å². The average molecular weight is 458 g/mol. The molecule has 0 radical (unpaired) electrons. The molecule has 0 bridgehead atoms. The van der Waals surface area contributed by atoms with Gasteiger partial charge in [0, 0.05) is 11.7 Å². The lowest BCUT2D eigenvalue weighted by Crippen LogP contribution is -2.25. The van der Waals surface area contributed by atoms with E-state index in [9.17, 15) is 16.8 Å². The maximum absolute atomic E-state index is 12.9. The van der Waals surface area contributed by atoms with Gasteiger partial charge in [-0.05, 0) is 68.3 Å². The molecule has 1 saturated carbocycles. The van der Waals surface area contributed by atoms with Crippen molar-refractivity contribution in [3.05, 3.63) is 78.4 Å². The smallest absolute Gasteiger partial charge is 0.261 e. The molecule has 9 heteroatoms. The van der Waals surface area contributed by atoms with E-state index in [0.29, 0.717) is 11.4 Å². The Morgan fingerprint density at radius 2 is 1.26 bits per heavy atom. The maximum Gasteiger partial charge on any atom is 0.261 e. The fourth-order valence-corrected chi connectivity index (χ4v) is 5.35. The third-order valence-electron chi connectivity index (χ3n) is 4.85. The van der Waals surface area contributed by atoms with Crippen molar-refractivity contribution in [2.45, 2.75) is 35.6 Å². The summed E-state index contributed by atoms with van der Waals surface area (Å²) in [6, 6.07) is 19.9. The SMILES string of the molecule is Cc1ccc(Nc2ccccc2NS(=O)(=O)c2ccc(S(=O)(=O)NC3CC3)cc2)cc1. The quantitative estimate of drug-likeness (QED) is 0.475. The van der Waals surface area contributed by atoms with Crippen LogP contribution in [0.1, 0.15) is 18.4 Å². The molecule has 3 aromatic carbocycles. The second kappa shape index (κ2) is 8.33. The number of rotatable bonds is 8. The highest BCUT2D eigenvalue weighted by atomic mass is 32.2. The van der Waals surface area contributed by atoms with Crippen LogP contribution in [0.2, 0.25) is 0 Å². The van der Waals surface area contributed by atoms with Crippen LogP contribution in [0.15, 0.2) is 82.6 Å². The molecule has 4 rings (SSSR count). The molecule has 1 fully saturated rings. The van der Waals surface area contributed by atoms with Gasteiger partial charge in [0.15, 0.2) is 0 Å². The van der Waals surface area contributed by atoms with Crippen molar-refractivity contribution in [1.82, 2.24) is 4.72 Å². The first-order chi connectivity index (χ1) is 14.7. The molecule has 0 heterocycles. The molecule has 162 valence electrons. The van der Waals surface area contributed by atoms with Crippen LogP contribution >= 0.6 is 0 Å². The lowest BCUT2D eigenvalue weighted by Gasteiger charge is -2.15. The van der Waals surface area contributed by atoms with Crippen LogP contribution in [0.4, 0.5) is 17.1 Å². The Morgan fingerprint density at radius 1 is 0.710 bits per heavy atom. The fraction of sp³-hybridized carbons (Fsp3) is 0.182. The Morgan fingerprint density at radius 3 is 1.84 bits per heavy atom. The van der Waals surface area contributed by atoms with E-state index in [2.05, 4.69) is 14.8 Å². The van der Waals surface area contributed by atoms with Crippen LogP contribution in [0.25, 0.3) is 0 Å². The Balaban J connectivity index is 1.54. The number of sulfonamides is 2. The van der Waals surface area contributed by atoms with Gasteiger partial charge >= 0.3 is 0 Å². The van der Waals surface area contributed by atoms with E-state index in [0.717, 1.165) is 24.1 Å². The molecule has 0 aliphatic heterocycles. The van der Waals surface area contributed by atoms with Crippen molar-refractivity contribution in [3.63, 3.8) is 0 Å². The fourth-order valence-electron chi connectivity index (χ4n) is 2.96. The summed E-state index contributed by atoms with van der Waals surface area (Å²) in [4.78, 5) is 0.0165. The number of aryl methyl sites for hydroxylation is 1. The van der Waals surface area contributed by atoms with Crippen molar-refractivity contribution in [2.75, 3.05) is 10.0 Å². The molecule has 0 unspecified atom stereocenters. The van der Waals surface area contributed by atoms with Gasteiger partial charge in [-0.2, -0.15) is 0 Å². The van der Waals surface area contributed by atoms with Gasteiger partial charge in [0.1, 0.15) is 0 Å². The lowest BCUT2D eigenvalue weighted by atomic mass is 10.2. The zero-order valence-corrected chi connectivity index (χ0v) is 18.5. The summed E-state index contributed by atoms with van der Waals surface area (Å²) in [6.07, 6.45) is 1.65. The number of nitrogens with one attached hydrogen (secondary N) is 3. The average Bonchev–Trinajstić information content (AvgIpc) is 3.54. The van der Waals surface area contributed by atoms with Gasteiger partial charge in [-0.3, -0.25) is 4.72 Å². The van der Waals surface area contributed by atoms with E-state index < -0.39 is 20.0 Å². The monoisotopic (exact) mass is 457 g/mol. The minimum absolute atomic E-state index is 0.0207. The molecule has 0 saturated heterocycles. The number of hydrogen-bond acceptors (Lipinski definition) is 5. The zero-order valence-electron chi connectivity index (χ0n) is 16.9. The predicted octanol–water partition coefficient (Wildman–Crippen LogP) is 3.98. The highest BCUT2D eigenvalue weighted by Gasteiger charge is 2.28. The number of benzene rings is 3. The third-order valence-corrected chi connectivity index (χ3v) is 7.76. The van der Waals surface area contributed by atoms with Crippen molar-refractivity contribution in [3.8, 4) is 0 Å². The Hall–Kier alpha value is -2.88. The van der Waals surface area contributed by atoms with Gasteiger partial charge in [0.25, 0.3) is 10.0 Å². The molecular formula is C22H23N3O4S2. The van der Waals surface area contributed by atoms with Gasteiger partial charge in [0.05, 0.1) is 21.2 Å². The number of para-hydroxylation sites is 2. The largest absolute Gasteiger partial charge is 0.354 e. The minimum Gasteiger partial charge on any atom is -0.354 e. The van der Waals surface area contributed by atoms with Gasteiger partial charge in [0.2, 0.25) is 10.0 Å². The van der Waals surface area contributed by atoms with E-state index in [1.54, 1.807) is 24.3 Å². The van der Waals surface area contributed by atoms with Crippen molar-refractivity contribution in [1.29, 1.82) is 0 Å². The molecule has 0 spiro atoms. The molecule has 0 atom stereocenters. The molecule has 3 aromatic rings. The molecule has 31 heavy (non-hydrogen) atoms. The molecular weight excluding hydrogens is 434 g/mol. The summed E-state index contributed by atoms with van der Waals surface area (Å²) in [5, 5.41) is 3.21. The first kappa shape index (κ1) is 21.4. The summed E-state index contributed by atoms with van der Waals surface area (Å²) < 4.78 is 55.5. The molecule has 3 N–H and O–H groups in total. The van der Waals surface area contributed by atoms with E-state index >= 15 is 0 Å². The first-order valence-corrected chi connectivity index (χ1v) is 12.8. The molecule has 1 aliphatic carbocycles. The van der Waals surface area contributed by atoms with E-state index in [1.807, 2.05) is 31.2 Å². The maximum atomic E-state index is 12.9. The Labute approximate surface area is 182 Å². The van der Waals surface area contributed by atoms with Crippen LogP contribution in [-0.2, 0) is 20.0 Å². The second-order valence-corrected chi connectivity index (χ2v) is 10.9. The standard InChI is InChI=1S/C22H23N3O4S2/c1-16-6-8-17(9-7-16)23-21-4-2-3-5-22(21)25-31(28,29)20-14-12-19(13-15-20)30(26,27)24-18-10-11-18/h2-9,12-15,18,23-25H,10-11H2,1H3. The summed E-state index contributed by atoms with van der Waals surface area (Å²) in [7, 11) is -7.55.